The van der Waals surface area contributed by atoms with Gasteiger partial charge in [-0.1, -0.05) is 12.1 Å². The van der Waals surface area contributed by atoms with Crippen LogP contribution in [-0.2, 0) is 0 Å². The van der Waals surface area contributed by atoms with Gasteiger partial charge in [0.05, 0.1) is 6.10 Å². The number of β-amino-alcohol motifs (C(OH)–C–C–N with tert-alkyl or cyclic N) is 1. The number of hydrogen-bond acceptors (Lipinski definition) is 4. The van der Waals surface area contributed by atoms with E-state index in [0.717, 1.165) is 26.2 Å². The number of hydrogen-bond donors (Lipinski definition) is 2. The van der Waals surface area contributed by atoms with Gasteiger partial charge in [0.25, 0.3) is 0 Å². The third kappa shape index (κ3) is 4.24. The molecule has 18 heavy (non-hydrogen) atoms. The molecule has 1 aromatic rings. The van der Waals surface area contributed by atoms with Crippen molar-refractivity contribution in [2.45, 2.75) is 11.0 Å². The highest BCUT2D eigenvalue weighted by Gasteiger charge is 2.14. The Hall–Kier alpha value is -0.620. The Kier molecular flexibility index (Phi) is 5.44. The van der Waals surface area contributed by atoms with Crippen LogP contribution in [0.3, 0.4) is 0 Å². The van der Waals surface area contributed by atoms with Crippen molar-refractivity contribution in [3.63, 3.8) is 0 Å². The average Bonchev–Trinajstić information content (AvgIpc) is 2.39. The van der Waals surface area contributed by atoms with Gasteiger partial charge in [0.1, 0.15) is 5.82 Å². The second kappa shape index (κ2) is 7.09. The standard InChI is InChI=1S/C13H19FN2OS/c14-12-3-1-2-4-13(12)18-10-11(17)9-16-7-5-15-6-8-16/h1-4,11,15,17H,5-10H2. The van der Waals surface area contributed by atoms with Crippen molar-refractivity contribution in [2.24, 2.45) is 0 Å². The van der Waals surface area contributed by atoms with Crippen molar-refractivity contribution >= 4 is 11.8 Å². The molecule has 1 aromatic carbocycles. The number of nitrogens with zero attached hydrogens (tertiary/aromatic N) is 1. The Balaban J connectivity index is 1.74. The van der Waals surface area contributed by atoms with E-state index in [2.05, 4.69) is 10.2 Å². The van der Waals surface area contributed by atoms with Gasteiger partial charge in [0.15, 0.2) is 0 Å². The zero-order valence-electron chi connectivity index (χ0n) is 10.3. The van der Waals surface area contributed by atoms with Crippen LogP contribution in [0, 0.1) is 5.82 Å². The highest BCUT2D eigenvalue weighted by atomic mass is 32.2. The summed E-state index contributed by atoms with van der Waals surface area (Å²) in [6.45, 7) is 4.58. The Morgan fingerprint density at radius 3 is 2.78 bits per heavy atom. The largest absolute Gasteiger partial charge is 0.391 e. The number of benzene rings is 1. The first-order valence-electron chi connectivity index (χ1n) is 6.24. The molecule has 0 aromatic heterocycles. The molecule has 2 N–H and O–H groups in total. The lowest BCUT2D eigenvalue weighted by Crippen LogP contribution is -2.46. The number of thioether (sulfide) groups is 1. The Morgan fingerprint density at radius 2 is 2.06 bits per heavy atom. The molecule has 0 amide bonds. The molecule has 1 saturated heterocycles. The summed E-state index contributed by atoms with van der Waals surface area (Å²) in [5, 5.41) is 13.2. The molecule has 2 rings (SSSR count). The molecular weight excluding hydrogens is 251 g/mol. The number of piperazine rings is 1. The normalized spacial score (nSPS) is 18.8. The maximum absolute atomic E-state index is 13.4. The number of nitrogens with one attached hydrogen (secondary N) is 1. The van der Waals surface area contributed by atoms with E-state index < -0.39 is 6.10 Å². The van der Waals surface area contributed by atoms with Crippen molar-refractivity contribution in [2.75, 3.05) is 38.5 Å². The van der Waals surface area contributed by atoms with Gasteiger partial charge in [0, 0.05) is 43.4 Å². The predicted molar refractivity (Wildman–Crippen MR) is 72.4 cm³/mol. The minimum atomic E-state index is -0.410. The van der Waals surface area contributed by atoms with Crippen molar-refractivity contribution in [1.29, 1.82) is 0 Å². The molecule has 1 aliphatic heterocycles. The van der Waals surface area contributed by atoms with E-state index in [0.29, 0.717) is 17.2 Å². The van der Waals surface area contributed by atoms with Gasteiger partial charge < -0.3 is 10.4 Å². The summed E-state index contributed by atoms with van der Waals surface area (Å²) in [5.41, 5.74) is 0. The van der Waals surface area contributed by atoms with Gasteiger partial charge >= 0.3 is 0 Å². The van der Waals surface area contributed by atoms with Crippen molar-refractivity contribution in [3.05, 3.63) is 30.1 Å². The van der Waals surface area contributed by atoms with Gasteiger partial charge in [-0.3, -0.25) is 4.90 Å². The van der Waals surface area contributed by atoms with Crippen LogP contribution in [0.5, 0.6) is 0 Å². The fourth-order valence-corrected chi connectivity index (χ4v) is 2.85. The Labute approximate surface area is 111 Å². The zero-order chi connectivity index (χ0) is 12.8. The van der Waals surface area contributed by atoms with Gasteiger partial charge in [-0.05, 0) is 12.1 Å². The Morgan fingerprint density at radius 1 is 1.33 bits per heavy atom. The van der Waals surface area contributed by atoms with Crippen molar-refractivity contribution in [1.82, 2.24) is 10.2 Å². The maximum atomic E-state index is 13.4. The van der Waals surface area contributed by atoms with E-state index in [9.17, 15) is 9.50 Å². The summed E-state index contributed by atoms with van der Waals surface area (Å²) >= 11 is 1.38. The second-order valence-electron chi connectivity index (χ2n) is 4.45. The third-order valence-corrected chi connectivity index (χ3v) is 4.14. The maximum Gasteiger partial charge on any atom is 0.136 e. The summed E-state index contributed by atoms with van der Waals surface area (Å²) in [4.78, 5) is 2.85. The zero-order valence-corrected chi connectivity index (χ0v) is 11.1. The van der Waals surface area contributed by atoms with Crippen molar-refractivity contribution < 1.29 is 9.50 Å². The predicted octanol–water partition coefficient (Wildman–Crippen LogP) is 1.18. The van der Waals surface area contributed by atoms with E-state index >= 15 is 0 Å². The first kappa shape index (κ1) is 13.8. The highest BCUT2D eigenvalue weighted by Crippen LogP contribution is 2.21. The number of aliphatic hydroxyl groups is 1. The molecule has 1 atom stereocenters. The van der Waals surface area contributed by atoms with Crippen LogP contribution in [-0.4, -0.2) is 54.6 Å². The first-order valence-corrected chi connectivity index (χ1v) is 7.23. The van der Waals surface area contributed by atoms with Gasteiger partial charge in [-0.25, -0.2) is 4.39 Å². The molecule has 0 aliphatic carbocycles. The number of rotatable bonds is 5. The lowest BCUT2D eigenvalue weighted by atomic mass is 10.3. The number of halogens is 1. The molecule has 5 heteroatoms. The lowest BCUT2D eigenvalue weighted by Gasteiger charge is -2.28. The van der Waals surface area contributed by atoms with Crippen LogP contribution < -0.4 is 5.32 Å². The molecule has 0 radical (unpaired) electrons. The van der Waals surface area contributed by atoms with Crippen LogP contribution >= 0.6 is 11.8 Å². The SMILES string of the molecule is OC(CSc1ccccc1F)CN1CCNCC1. The van der Waals surface area contributed by atoms with Gasteiger partial charge in [-0.2, -0.15) is 0 Å². The molecule has 1 heterocycles. The smallest absolute Gasteiger partial charge is 0.136 e. The minimum Gasteiger partial charge on any atom is -0.391 e. The summed E-state index contributed by atoms with van der Waals surface area (Å²) in [7, 11) is 0. The highest BCUT2D eigenvalue weighted by molar-refractivity contribution is 7.99. The molecule has 0 spiro atoms. The first-order chi connectivity index (χ1) is 8.75. The van der Waals surface area contributed by atoms with E-state index in [1.807, 2.05) is 6.07 Å². The van der Waals surface area contributed by atoms with E-state index in [1.165, 1.54) is 17.8 Å². The van der Waals surface area contributed by atoms with E-state index in [-0.39, 0.29) is 5.82 Å². The lowest BCUT2D eigenvalue weighted by molar-refractivity contribution is 0.121. The molecule has 100 valence electrons. The molecular formula is C13H19FN2OS. The minimum absolute atomic E-state index is 0.211. The molecule has 3 nitrogen and oxygen atoms in total. The fourth-order valence-electron chi connectivity index (χ4n) is 1.99. The van der Waals surface area contributed by atoms with Crippen LogP contribution in [0.1, 0.15) is 0 Å². The molecule has 1 fully saturated rings. The summed E-state index contributed by atoms with van der Waals surface area (Å²) in [5.74, 6) is 0.321. The van der Waals surface area contributed by atoms with Crippen LogP contribution in [0.4, 0.5) is 4.39 Å². The van der Waals surface area contributed by atoms with Crippen LogP contribution in [0.25, 0.3) is 0 Å². The monoisotopic (exact) mass is 270 g/mol. The van der Waals surface area contributed by atoms with E-state index in [4.69, 9.17) is 0 Å². The Bertz CT molecular complexity index is 372. The fraction of sp³-hybridized carbons (Fsp3) is 0.538. The molecule has 0 saturated carbocycles. The summed E-state index contributed by atoms with van der Waals surface area (Å²) in [6.07, 6.45) is -0.410. The quantitative estimate of drug-likeness (QED) is 0.788. The molecule has 0 bridgehead atoms. The third-order valence-electron chi connectivity index (χ3n) is 2.95. The second-order valence-corrected chi connectivity index (χ2v) is 5.51. The number of aliphatic hydroxyl groups excluding tert-OH is 1. The van der Waals surface area contributed by atoms with Crippen LogP contribution in [0.2, 0.25) is 0 Å². The van der Waals surface area contributed by atoms with E-state index in [1.54, 1.807) is 12.1 Å². The molecule has 1 unspecified atom stereocenters. The molecule has 1 aliphatic rings. The van der Waals surface area contributed by atoms with Crippen LogP contribution in [0.15, 0.2) is 29.2 Å². The van der Waals surface area contributed by atoms with Gasteiger partial charge in [-0.15, -0.1) is 11.8 Å². The average molecular weight is 270 g/mol. The summed E-state index contributed by atoms with van der Waals surface area (Å²) < 4.78 is 13.4. The van der Waals surface area contributed by atoms with Gasteiger partial charge in [0.2, 0.25) is 0 Å². The topological polar surface area (TPSA) is 35.5 Å². The summed E-state index contributed by atoms with van der Waals surface area (Å²) in [6, 6.07) is 6.69. The van der Waals surface area contributed by atoms with Crippen molar-refractivity contribution in [3.8, 4) is 0 Å².